The molecule has 0 aromatic heterocycles. The lowest BCUT2D eigenvalue weighted by Gasteiger charge is -2.40. The fourth-order valence-electron chi connectivity index (χ4n) is 3.25. The highest BCUT2D eigenvalue weighted by atomic mass is 79.9. The number of nitrogens with zero attached hydrogens (tertiary/aromatic N) is 2. The number of morpholine rings is 1. The second-order valence-corrected chi connectivity index (χ2v) is 7.21. The highest BCUT2D eigenvalue weighted by molar-refractivity contribution is 9.10. The van der Waals surface area contributed by atoms with Gasteiger partial charge in [0, 0.05) is 30.1 Å². The Kier molecular flexibility index (Phi) is 8.50. The van der Waals surface area contributed by atoms with Gasteiger partial charge in [-0.25, -0.2) is 9.59 Å². The van der Waals surface area contributed by atoms with Crippen LogP contribution in [-0.2, 0) is 20.9 Å². The molecule has 0 saturated carbocycles. The molecule has 0 atom stereocenters. The van der Waals surface area contributed by atoms with Crippen molar-refractivity contribution >= 4 is 27.9 Å². The zero-order valence-corrected chi connectivity index (χ0v) is 16.2. The topological polar surface area (TPSA) is 90.3 Å². The summed E-state index contributed by atoms with van der Waals surface area (Å²) in [5.41, 5.74) is 1.40. The smallest absolute Gasteiger partial charge is 0.414 e. The summed E-state index contributed by atoms with van der Waals surface area (Å²) in [4.78, 5) is 23.4. The van der Waals surface area contributed by atoms with E-state index in [9.17, 15) is 0 Å². The zero-order chi connectivity index (χ0) is 18.9. The Balaban J connectivity index is 0.000000352. The zero-order valence-electron chi connectivity index (χ0n) is 14.6. The van der Waals surface area contributed by atoms with Gasteiger partial charge in [-0.2, -0.15) is 0 Å². The van der Waals surface area contributed by atoms with Gasteiger partial charge in [0.2, 0.25) is 0 Å². The van der Waals surface area contributed by atoms with Gasteiger partial charge in [-0.15, -0.1) is 0 Å². The number of rotatable bonds is 3. The van der Waals surface area contributed by atoms with E-state index in [2.05, 4.69) is 50.0 Å². The number of piperidine rings is 1. The third-order valence-electron chi connectivity index (χ3n) is 4.65. The van der Waals surface area contributed by atoms with Crippen molar-refractivity contribution in [2.24, 2.45) is 0 Å². The average Bonchev–Trinajstić information content (AvgIpc) is 2.65. The Morgan fingerprint density at radius 1 is 1.04 bits per heavy atom. The summed E-state index contributed by atoms with van der Waals surface area (Å²) >= 11 is 3.65. The first-order valence-electron chi connectivity index (χ1n) is 8.71. The lowest BCUT2D eigenvalue weighted by atomic mass is 10.0. The second kappa shape index (κ2) is 10.6. The molecule has 1 aromatic rings. The number of hydrogen-bond acceptors (Lipinski definition) is 5. The van der Waals surface area contributed by atoms with Crippen LogP contribution >= 0.6 is 15.9 Å². The lowest BCUT2D eigenvalue weighted by Crippen LogP contribution is -2.48. The van der Waals surface area contributed by atoms with Gasteiger partial charge in [-0.05, 0) is 37.6 Å². The van der Waals surface area contributed by atoms with Gasteiger partial charge in [-0.1, -0.05) is 34.1 Å². The number of carboxylic acid groups (broad SMARTS) is 2. The van der Waals surface area contributed by atoms with Crippen LogP contribution in [-0.4, -0.2) is 77.4 Å². The second-order valence-electron chi connectivity index (χ2n) is 6.36. The third kappa shape index (κ3) is 6.68. The molecule has 2 N–H and O–H groups in total. The number of ether oxygens (including phenoxy) is 1. The first-order valence-corrected chi connectivity index (χ1v) is 9.50. The Hall–Kier alpha value is -1.48. The van der Waals surface area contributed by atoms with Crippen LogP contribution in [0.3, 0.4) is 0 Å². The highest BCUT2D eigenvalue weighted by Crippen LogP contribution is 2.22. The molecule has 2 aliphatic rings. The predicted molar refractivity (Wildman–Crippen MR) is 100 cm³/mol. The number of carboxylic acids is 2. The van der Waals surface area contributed by atoms with Crippen molar-refractivity contribution in [1.29, 1.82) is 0 Å². The van der Waals surface area contributed by atoms with Crippen LogP contribution in [0.4, 0.5) is 0 Å². The van der Waals surface area contributed by atoms with E-state index >= 15 is 0 Å². The van der Waals surface area contributed by atoms with Crippen molar-refractivity contribution in [3.63, 3.8) is 0 Å². The molecule has 2 heterocycles. The van der Waals surface area contributed by atoms with E-state index in [1.54, 1.807) is 0 Å². The quantitative estimate of drug-likeness (QED) is 0.710. The molecule has 0 spiro atoms. The van der Waals surface area contributed by atoms with Gasteiger partial charge in [0.15, 0.2) is 0 Å². The van der Waals surface area contributed by atoms with Gasteiger partial charge in [0.25, 0.3) is 0 Å². The standard InChI is InChI=1S/C16H23BrN2O.C2H2O4/c17-16-4-2-1-3-14(16)13-18-7-5-15(6-8-18)19-9-11-20-12-10-19;3-1(4)2(5)6/h1-4,15H,5-13H2;(H,3,4)(H,5,6). The van der Waals surface area contributed by atoms with Crippen molar-refractivity contribution in [1.82, 2.24) is 9.80 Å². The van der Waals surface area contributed by atoms with E-state index in [-0.39, 0.29) is 0 Å². The first kappa shape index (κ1) is 20.8. The van der Waals surface area contributed by atoms with Crippen molar-refractivity contribution < 1.29 is 24.5 Å². The van der Waals surface area contributed by atoms with E-state index < -0.39 is 11.9 Å². The fourth-order valence-corrected chi connectivity index (χ4v) is 3.66. The number of benzene rings is 1. The molecule has 0 amide bonds. The molecule has 2 fully saturated rings. The molecule has 26 heavy (non-hydrogen) atoms. The van der Waals surface area contributed by atoms with Gasteiger partial charge in [-0.3, -0.25) is 9.80 Å². The molecule has 7 nitrogen and oxygen atoms in total. The number of carbonyl (C=O) groups is 2. The van der Waals surface area contributed by atoms with E-state index in [0.29, 0.717) is 0 Å². The molecule has 2 aliphatic heterocycles. The van der Waals surface area contributed by atoms with Gasteiger partial charge >= 0.3 is 11.9 Å². The maximum atomic E-state index is 9.10. The molecule has 144 valence electrons. The van der Waals surface area contributed by atoms with Crippen LogP contribution in [0.15, 0.2) is 28.7 Å². The fraction of sp³-hybridized carbons (Fsp3) is 0.556. The molecule has 3 rings (SSSR count). The van der Waals surface area contributed by atoms with Crippen molar-refractivity contribution in [2.45, 2.75) is 25.4 Å². The van der Waals surface area contributed by atoms with Gasteiger partial charge in [0.05, 0.1) is 13.2 Å². The summed E-state index contributed by atoms with van der Waals surface area (Å²) in [5, 5.41) is 14.8. The van der Waals surface area contributed by atoms with Crippen LogP contribution in [0.2, 0.25) is 0 Å². The van der Waals surface area contributed by atoms with Crippen LogP contribution in [0.5, 0.6) is 0 Å². The van der Waals surface area contributed by atoms with E-state index in [1.165, 1.54) is 36.0 Å². The van der Waals surface area contributed by atoms with Crippen molar-refractivity contribution in [3.05, 3.63) is 34.3 Å². The molecular weight excluding hydrogens is 404 g/mol. The minimum absolute atomic E-state index is 0.773. The van der Waals surface area contributed by atoms with Crippen LogP contribution in [0, 0.1) is 0 Å². The molecule has 2 saturated heterocycles. The largest absolute Gasteiger partial charge is 0.473 e. The molecule has 0 unspecified atom stereocenters. The van der Waals surface area contributed by atoms with Crippen LogP contribution in [0.1, 0.15) is 18.4 Å². The van der Waals surface area contributed by atoms with Crippen molar-refractivity contribution in [2.75, 3.05) is 39.4 Å². The average molecular weight is 429 g/mol. The van der Waals surface area contributed by atoms with Crippen LogP contribution in [0.25, 0.3) is 0 Å². The summed E-state index contributed by atoms with van der Waals surface area (Å²) < 4.78 is 6.68. The monoisotopic (exact) mass is 428 g/mol. The summed E-state index contributed by atoms with van der Waals surface area (Å²) in [6.45, 7) is 7.56. The van der Waals surface area contributed by atoms with E-state index in [1.807, 2.05) is 0 Å². The Morgan fingerprint density at radius 3 is 2.15 bits per heavy atom. The Morgan fingerprint density at radius 2 is 1.62 bits per heavy atom. The third-order valence-corrected chi connectivity index (χ3v) is 5.43. The van der Waals surface area contributed by atoms with Gasteiger partial charge < -0.3 is 14.9 Å². The van der Waals surface area contributed by atoms with Crippen LogP contribution < -0.4 is 0 Å². The van der Waals surface area contributed by atoms with Crippen molar-refractivity contribution in [3.8, 4) is 0 Å². The lowest BCUT2D eigenvalue weighted by molar-refractivity contribution is -0.159. The number of likely N-dealkylation sites (tertiary alicyclic amines) is 1. The highest BCUT2D eigenvalue weighted by Gasteiger charge is 2.25. The number of hydrogen-bond donors (Lipinski definition) is 2. The minimum Gasteiger partial charge on any atom is -0.473 e. The predicted octanol–water partition coefficient (Wildman–Crippen LogP) is 1.90. The SMILES string of the molecule is Brc1ccccc1CN1CCC(N2CCOCC2)CC1.O=C(O)C(=O)O. The van der Waals surface area contributed by atoms with E-state index in [4.69, 9.17) is 24.5 Å². The molecule has 8 heteroatoms. The Bertz CT molecular complexity index is 587. The summed E-state index contributed by atoms with van der Waals surface area (Å²) in [6.07, 6.45) is 2.59. The molecule has 0 radical (unpaired) electrons. The molecular formula is C18H25BrN2O5. The number of halogens is 1. The first-order chi connectivity index (χ1) is 12.5. The summed E-state index contributed by atoms with van der Waals surface area (Å²) in [7, 11) is 0. The Labute approximate surface area is 161 Å². The maximum absolute atomic E-state index is 9.10. The minimum atomic E-state index is -1.82. The summed E-state index contributed by atoms with van der Waals surface area (Å²) in [6, 6.07) is 9.33. The molecule has 0 bridgehead atoms. The number of aliphatic carboxylic acids is 2. The maximum Gasteiger partial charge on any atom is 0.414 e. The van der Waals surface area contributed by atoms with Gasteiger partial charge in [0.1, 0.15) is 0 Å². The normalized spacial score (nSPS) is 19.4. The summed E-state index contributed by atoms with van der Waals surface area (Å²) in [5.74, 6) is -3.65. The van der Waals surface area contributed by atoms with E-state index in [0.717, 1.165) is 38.9 Å². The molecule has 1 aromatic carbocycles. The molecule has 0 aliphatic carbocycles.